The standard InChI is InChI=1S/C47H50BrNO8/c1-46(2,3)41-35-18-27-31(52-9)22-34(55-12)40-42(47(4,5)6)36(57-45(27)40)19-28-37(23-13-15-24(48)16-14-23)38-32(53-10)20-29(50-7)25(43(38)49-28)17-26-30(51-8)21-33(54-11)39(41)44(26)56-35/h13-16,20-22,49H,17-19H2,1-12H3. The number of aromatic amines is 1. The molecule has 0 spiro atoms. The molecule has 0 saturated heterocycles. The Morgan fingerprint density at radius 1 is 0.526 bits per heavy atom. The molecule has 1 aliphatic rings. The van der Waals surface area contributed by atoms with Crippen LogP contribution in [0.3, 0.4) is 0 Å². The summed E-state index contributed by atoms with van der Waals surface area (Å²) in [6.07, 6.45) is 1.25. The highest BCUT2D eigenvalue weighted by Crippen LogP contribution is 2.52. The molecule has 0 unspecified atom stereocenters. The second-order valence-corrected chi connectivity index (χ2v) is 17.7. The third-order valence-electron chi connectivity index (χ3n) is 11.3. The van der Waals surface area contributed by atoms with Crippen molar-refractivity contribution in [2.45, 2.75) is 71.6 Å². The van der Waals surface area contributed by atoms with E-state index in [-0.39, 0.29) is 10.8 Å². The fraction of sp³-hybridized carbons (Fsp3) is 0.362. The molecule has 57 heavy (non-hydrogen) atoms. The molecule has 3 aromatic heterocycles. The van der Waals surface area contributed by atoms with E-state index in [4.69, 9.17) is 37.3 Å². The van der Waals surface area contributed by atoms with E-state index < -0.39 is 0 Å². The molecule has 0 aliphatic carbocycles. The largest absolute Gasteiger partial charge is 0.496 e. The van der Waals surface area contributed by atoms with Gasteiger partial charge >= 0.3 is 0 Å². The Labute approximate surface area is 341 Å². The van der Waals surface area contributed by atoms with Crippen molar-refractivity contribution in [3.63, 3.8) is 0 Å². The van der Waals surface area contributed by atoms with Crippen molar-refractivity contribution < 1.29 is 37.3 Å². The average Bonchev–Trinajstić information content (AvgIpc) is 3.87. The second kappa shape index (κ2) is 14.0. The highest BCUT2D eigenvalue weighted by atomic mass is 79.9. The Morgan fingerprint density at radius 2 is 0.947 bits per heavy atom. The summed E-state index contributed by atoms with van der Waals surface area (Å²) in [4.78, 5) is 3.92. The Kier molecular flexibility index (Phi) is 9.50. The number of rotatable bonds is 7. The van der Waals surface area contributed by atoms with Crippen molar-refractivity contribution in [2.75, 3.05) is 42.7 Å². The topological polar surface area (TPSA) is 97.5 Å². The van der Waals surface area contributed by atoms with Gasteiger partial charge in [-0.2, -0.15) is 0 Å². The van der Waals surface area contributed by atoms with Crippen molar-refractivity contribution in [2.24, 2.45) is 0 Å². The van der Waals surface area contributed by atoms with Gasteiger partial charge in [0.25, 0.3) is 0 Å². The Morgan fingerprint density at radius 3 is 1.40 bits per heavy atom. The number of aromatic nitrogens is 1. The summed E-state index contributed by atoms with van der Waals surface area (Å²) in [5.74, 6) is 5.60. The predicted octanol–water partition coefficient (Wildman–Crippen LogP) is 11.8. The number of benzene rings is 4. The number of furan rings is 2. The van der Waals surface area contributed by atoms with Crippen LogP contribution in [0.25, 0.3) is 44.0 Å². The van der Waals surface area contributed by atoms with Crippen LogP contribution in [-0.2, 0) is 30.1 Å². The van der Waals surface area contributed by atoms with Gasteiger partial charge in [0, 0.05) is 81.0 Å². The minimum absolute atomic E-state index is 0.338. The van der Waals surface area contributed by atoms with Crippen LogP contribution in [0.1, 0.15) is 86.6 Å². The fourth-order valence-electron chi connectivity index (χ4n) is 9.00. The number of ether oxygens (including phenoxy) is 6. The van der Waals surface area contributed by atoms with Crippen molar-refractivity contribution in [3.05, 3.63) is 92.0 Å². The summed E-state index contributed by atoms with van der Waals surface area (Å²) in [6.45, 7) is 13.2. The van der Waals surface area contributed by atoms with Crippen LogP contribution in [0.15, 0.2) is 55.8 Å². The van der Waals surface area contributed by atoms with E-state index in [0.29, 0.717) is 64.9 Å². The SMILES string of the molecule is COc1cc(OC)c2c(-c3ccc(Br)cc3)c3[nH]c2c1Cc1c(OC)cc(OC)c2c(C(C)(C)C)c(oc12)Cc1c(OC)cc(OC)c2c(C(C)(C)C)c(oc12)C3. The van der Waals surface area contributed by atoms with E-state index in [1.807, 2.05) is 18.2 Å². The zero-order valence-electron chi connectivity index (χ0n) is 34.8. The van der Waals surface area contributed by atoms with Gasteiger partial charge in [-0.15, -0.1) is 0 Å². The normalized spacial score (nSPS) is 13.1. The molecule has 1 N–H and O–H groups in total. The molecule has 9 nitrogen and oxygen atoms in total. The fourth-order valence-corrected chi connectivity index (χ4v) is 9.26. The molecule has 4 aromatic carbocycles. The molecule has 0 radical (unpaired) electrons. The second-order valence-electron chi connectivity index (χ2n) is 16.8. The third-order valence-corrected chi connectivity index (χ3v) is 11.8. The summed E-state index contributed by atoms with van der Waals surface area (Å²) in [5, 5.41) is 2.75. The molecule has 7 aromatic rings. The molecule has 0 fully saturated rings. The van der Waals surface area contributed by atoms with Gasteiger partial charge in [-0.25, -0.2) is 0 Å². The van der Waals surface area contributed by atoms with E-state index >= 15 is 0 Å². The summed E-state index contributed by atoms with van der Waals surface area (Å²) < 4.78 is 52.4. The monoisotopic (exact) mass is 835 g/mol. The smallest absolute Gasteiger partial charge is 0.145 e. The number of hydrogen-bond acceptors (Lipinski definition) is 8. The lowest BCUT2D eigenvalue weighted by Gasteiger charge is -2.22. The molecular formula is C47H50BrNO8. The van der Waals surface area contributed by atoms with Gasteiger partial charge < -0.3 is 42.2 Å². The van der Waals surface area contributed by atoms with Crippen LogP contribution >= 0.6 is 15.9 Å². The molecule has 4 heterocycles. The summed E-state index contributed by atoms with van der Waals surface area (Å²) in [5.41, 5.74) is 9.34. The maximum atomic E-state index is 7.22. The average molecular weight is 837 g/mol. The lowest BCUT2D eigenvalue weighted by Crippen LogP contribution is -2.14. The summed E-state index contributed by atoms with van der Waals surface area (Å²) >= 11 is 3.66. The maximum Gasteiger partial charge on any atom is 0.145 e. The Hall–Kier alpha value is -5.22. The molecule has 8 rings (SSSR count). The number of halogens is 1. The van der Waals surface area contributed by atoms with Crippen LogP contribution < -0.4 is 28.4 Å². The van der Waals surface area contributed by atoms with Gasteiger partial charge in [0.1, 0.15) is 57.2 Å². The third kappa shape index (κ3) is 6.10. The van der Waals surface area contributed by atoms with Crippen molar-refractivity contribution in [3.8, 4) is 45.6 Å². The van der Waals surface area contributed by atoms with Gasteiger partial charge in [-0.1, -0.05) is 69.6 Å². The number of H-pyrrole nitrogens is 1. The Balaban J connectivity index is 1.63. The molecular weight excluding hydrogens is 786 g/mol. The van der Waals surface area contributed by atoms with Gasteiger partial charge in [0.15, 0.2) is 0 Å². The lowest BCUT2D eigenvalue weighted by molar-refractivity contribution is 0.390. The first-order valence-corrected chi connectivity index (χ1v) is 19.9. The zero-order chi connectivity index (χ0) is 40.7. The van der Waals surface area contributed by atoms with E-state index in [9.17, 15) is 0 Å². The van der Waals surface area contributed by atoms with E-state index in [2.05, 4.69) is 86.7 Å². The first-order chi connectivity index (χ1) is 27.2. The number of fused-ring (bicyclic) bond motifs is 3. The first-order valence-electron chi connectivity index (χ1n) is 19.1. The summed E-state index contributed by atoms with van der Waals surface area (Å²) in [7, 11) is 10.1. The minimum Gasteiger partial charge on any atom is -0.496 e. The molecule has 298 valence electrons. The van der Waals surface area contributed by atoms with E-state index in [1.165, 1.54) is 0 Å². The van der Waals surface area contributed by atoms with Crippen LogP contribution in [0.5, 0.6) is 34.5 Å². The molecule has 0 saturated carbocycles. The molecule has 0 atom stereocenters. The van der Waals surface area contributed by atoms with Crippen molar-refractivity contribution in [1.82, 2.24) is 4.98 Å². The maximum absolute atomic E-state index is 7.22. The van der Waals surface area contributed by atoms with Gasteiger partial charge in [0.2, 0.25) is 0 Å². The van der Waals surface area contributed by atoms with Gasteiger partial charge in [-0.3, -0.25) is 0 Å². The zero-order valence-corrected chi connectivity index (χ0v) is 36.4. The van der Waals surface area contributed by atoms with E-state index in [1.54, 1.807) is 42.7 Å². The molecule has 6 bridgehead atoms. The number of nitrogens with one attached hydrogen (secondary N) is 1. The van der Waals surface area contributed by atoms with Gasteiger partial charge in [0.05, 0.1) is 64.3 Å². The minimum atomic E-state index is -0.353. The van der Waals surface area contributed by atoms with Crippen molar-refractivity contribution in [1.29, 1.82) is 0 Å². The van der Waals surface area contributed by atoms with E-state index in [0.717, 1.165) is 82.3 Å². The number of hydrogen-bond donors (Lipinski definition) is 1. The highest BCUT2D eigenvalue weighted by Gasteiger charge is 2.36. The quantitative estimate of drug-likeness (QED) is 0.169. The molecule has 10 heteroatoms. The van der Waals surface area contributed by atoms with Crippen LogP contribution in [0.4, 0.5) is 0 Å². The first kappa shape index (κ1) is 38.6. The van der Waals surface area contributed by atoms with Crippen LogP contribution in [0, 0.1) is 0 Å². The molecule has 1 aliphatic heterocycles. The van der Waals surface area contributed by atoms with Gasteiger partial charge in [-0.05, 0) is 28.5 Å². The Bertz CT molecular complexity index is 2700. The number of methoxy groups -OCH3 is 6. The highest BCUT2D eigenvalue weighted by molar-refractivity contribution is 9.10. The summed E-state index contributed by atoms with van der Waals surface area (Å²) in [6, 6.07) is 14.3. The van der Waals surface area contributed by atoms with Crippen LogP contribution in [-0.4, -0.2) is 47.6 Å². The van der Waals surface area contributed by atoms with Crippen molar-refractivity contribution >= 4 is 48.8 Å². The predicted molar refractivity (Wildman–Crippen MR) is 229 cm³/mol. The molecule has 0 amide bonds. The lowest BCUT2D eigenvalue weighted by atomic mass is 9.81. The van der Waals surface area contributed by atoms with Crippen LogP contribution in [0.2, 0.25) is 0 Å².